The SMILES string of the molecule is O=C(CN1CCS(=O)CC1)c1cc([N+](=O)[O-])c[nH]1. The maximum atomic E-state index is 11.9. The van der Waals surface area contributed by atoms with Crippen molar-refractivity contribution in [3.05, 3.63) is 28.1 Å². The molecule has 1 aliphatic rings. The van der Waals surface area contributed by atoms with Crippen LogP contribution < -0.4 is 0 Å². The second kappa shape index (κ2) is 5.40. The molecule has 0 aliphatic carbocycles. The predicted molar refractivity (Wildman–Crippen MR) is 66.1 cm³/mol. The summed E-state index contributed by atoms with van der Waals surface area (Å²) >= 11 is 0. The fourth-order valence-corrected chi connectivity index (χ4v) is 2.90. The van der Waals surface area contributed by atoms with Gasteiger partial charge in [-0.15, -0.1) is 0 Å². The first-order valence-corrected chi connectivity index (χ1v) is 6.98. The minimum absolute atomic E-state index is 0.113. The molecular weight excluding hydrogens is 258 g/mol. The number of carbonyl (C=O) groups excluding carboxylic acids is 1. The van der Waals surface area contributed by atoms with Gasteiger partial charge in [-0.2, -0.15) is 0 Å². The Kier molecular flexibility index (Phi) is 3.87. The number of aromatic nitrogens is 1. The van der Waals surface area contributed by atoms with Crippen LogP contribution in [0.3, 0.4) is 0 Å². The van der Waals surface area contributed by atoms with E-state index in [9.17, 15) is 19.1 Å². The molecule has 0 amide bonds. The summed E-state index contributed by atoms with van der Waals surface area (Å²) in [6.45, 7) is 1.46. The van der Waals surface area contributed by atoms with Crippen molar-refractivity contribution in [2.24, 2.45) is 0 Å². The molecule has 1 saturated heterocycles. The van der Waals surface area contributed by atoms with Gasteiger partial charge in [0.1, 0.15) is 0 Å². The smallest absolute Gasteiger partial charge is 0.287 e. The molecule has 0 spiro atoms. The lowest BCUT2D eigenvalue weighted by Gasteiger charge is -2.24. The van der Waals surface area contributed by atoms with Crippen molar-refractivity contribution in [1.29, 1.82) is 0 Å². The van der Waals surface area contributed by atoms with E-state index in [-0.39, 0.29) is 23.7 Å². The molecule has 1 N–H and O–H groups in total. The van der Waals surface area contributed by atoms with E-state index in [1.54, 1.807) is 0 Å². The van der Waals surface area contributed by atoms with E-state index in [1.807, 2.05) is 4.90 Å². The largest absolute Gasteiger partial charge is 0.353 e. The number of hydrogen-bond donors (Lipinski definition) is 1. The van der Waals surface area contributed by atoms with Crippen molar-refractivity contribution in [1.82, 2.24) is 9.88 Å². The molecule has 98 valence electrons. The molecule has 1 aliphatic heterocycles. The van der Waals surface area contributed by atoms with Crippen LogP contribution in [0, 0.1) is 10.1 Å². The molecular formula is C10H13N3O4S. The molecule has 1 aromatic heterocycles. The van der Waals surface area contributed by atoms with E-state index in [2.05, 4.69) is 4.98 Å². The average molecular weight is 271 g/mol. The highest BCUT2D eigenvalue weighted by atomic mass is 32.2. The monoisotopic (exact) mass is 271 g/mol. The highest BCUT2D eigenvalue weighted by Gasteiger charge is 2.20. The zero-order valence-corrected chi connectivity index (χ0v) is 10.4. The second-order valence-corrected chi connectivity index (χ2v) is 5.77. The zero-order chi connectivity index (χ0) is 13.1. The Balaban J connectivity index is 1.94. The molecule has 0 atom stereocenters. The standard InChI is InChI=1S/C10H13N3O4S/c14-10(7-12-1-3-18(17)4-2-12)9-5-8(6-11-9)13(15)16/h5-6,11H,1-4,7H2. The molecule has 7 nitrogen and oxygen atoms in total. The van der Waals surface area contributed by atoms with Crippen molar-refractivity contribution in [3.63, 3.8) is 0 Å². The van der Waals surface area contributed by atoms with E-state index in [0.717, 1.165) is 0 Å². The number of nitro groups is 1. The van der Waals surface area contributed by atoms with Crippen molar-refractivity contribution < 1.29 is 13.9 Å². The van der Waals surface area contributed by atoms with E-state index >= 15 is 0 Å². The summed E-state index contributed by atoms with van der Waals surface area (Å²) in [6.07, 6.45) is 1.21. The summed E-state index contributed by atoms with van der Waals surface area (Å²) in [6, 6.07) is 1.24. The molecule has 1 aromatic rings. The van der Waals surface area contributed by atoms with E-state index in [0.29, 0.717) is 24.6 Å². The lowest BCUT2D eigenvalue weighted by atomic mass is 10.2. The van der Waals surface area contributed by atoms with E-state index in [4.69, 9.17) is 0 Å². The zero-order valence-electron chi connectivity index (χ0n) is 9.63. The molecule has 0 unspecified atom stereocenters. The van der Waals surface area contributed by atoms with Gasteiger partial charge >= 0.3 is 0 Å². The summed E-state index contributed by atoms with van der Waals surface area (Å²) in [7, 11) is -0.772. The van der Waals surface area contributed by atoms with Gasteiger partial charge < -0.3 is 4.98 Å². The first-order chi connectivity index (χ1) is 8.56. The molecule has 2 rings (SSSR count). The van der Waals surface area contributed by atoms with Crippen LogP contribution >= 0.6 is 0 Å². The Labute approximate surface area is 106 Å². The van der Waals surface area contributed by atoms with Crippen molar-refractivity contribution >= 4 is 22.3 Å². The summed E-state index contributed by atoms with van der Waals surface area (Å²) < 4.78 is 11.2. The number of nitrogens with zero attached hydrogens (tertiary/aromatic N) is 2. The van der Waals surface area contributed by atoms with Crippen LogP contribution in [-0.2, 0) is 10.8 Å². The van der Waals surface area contributed by atoms with Crippen molar-refractivity contribution in [2.75, 3.05) is 31.1 Å². The maximum absolute atomic E-state index is 11.9. The first kappa shape index (κ1) is 12.9. The number of aromatic amines is 1. The van der Waals surface area contributed by atoms with Gasteiger partial charge in [0.25, 0.3) is 5.69 Å². The van der Waals surface area contributed by atoms with Crippen molar-refractivity contribution in [3.8, 4) is 0 Å². The Morgan fingerprint density at radius 1 is 1.50 bits per heavy atom. The normalized spacial score (nSPS) is 17.8. The van der Waals surface area contributed by atoms with Gasteiger partial charge in [0, 0.05) is 41.5 Å². The number of nitrogens with one attached hydrogen (secondary N) is 1. The maximum Gasteiger partial charge on any atom is 0.287 e. The first-order valence-electron chi connectivity index (χ1n) is 5.49. The number of Topliss-reactive ketones (excluding diaryl/α,β-unsaturated/α-hetero) is 1. The number of ketones is 1. The van der Waals surface area contributed by atoms with Crippen LogP contribution in [0.25, 0.3) is 0 Å². The Bertz CT molecular complexity index is 489. The third-order valence-corrected chi connectivity index (χ3v) is 4.09. The second-order valence-electron chi connectivity index (χ2n) is 4.08. The van der Waals surface area contributed by atoms with E-state index < -0.39 is 15.7 Å². The van der Waals surface area contributed by atoms with Crippen LogP contribution in [0.4, 0.5) is 5.69 Å². The topological polar surface area (TPSA) is 96.3 Å². The molecule has 0 saturated carbocycles. The molecule has 0 bridgehead atoms. The van der Waals surface area contributed by atoms with Crippen LogP contribution in [0.5, 0.6) is 0 Å². The highest BCUT2D eigenvalue weighted by Crippen LogP contribution is 2.13. The van der Waals surface area contributed by atoms with Crippen LogP contribution in [-0.4, -0.2) is 55.9 Å². The minimum Gasteiger partial charge on any atom is -0.353 e. The Morgan fingerprint density at radius 3 is 2.72 bits per heavy atom. The van der Waals surface area contributed by atoms with E-state index in [1.165, 1.54) is 12.3 Å². The van der Waals surface area contributed by atoms with Gasteiger partial charge in [-0.05, 0) is 0 Å². The third kappa shape index (κ3) is 3.02. The molecule has 18 heavy (non-hydrogen) atoms. The lowest BCUT2D eigenvalue weighted by molar-refractivity contribution is -0.384. The molecule has 8 heteroatoms. The van der Waals surface area contributed by atoms with Crippen LogP contribution in [0.2, 0.25) is 0 Å². The Hall–Kier alpha value is -1.54. The summed E-state index contributed by atoms with van der Waals surface area (Å²) in [4.78, 5) is 26.3. The van der Waals surface area contributed by atoms with Crippen LogP contribution in [0.15, 0.2) is 12.3 Å². The number of rotatable bonds is 4. The van der Waals surface area contributed by atoms with Gasteiger partial charge in [0.05, 0.1) is 23.4 Å². The highest BCUT2D eigenvalue weighted by molar-refractivity contribution is 7.85. The van der Waals surface area contributed by atoms with Gasteiger partial charge in [-0.1, -0.05) is 0 Å². The number of hydrogen-bond acceptors (Lipinski definition) is 5. The van der Waals surface area contributed by atoms with Gasteiger partial charge in [-0.3, -0.25) is 24.0 Å². The molecule has 0 aromatic carbocycles. The summed E-state index contributed by atoms with van der Waals surface area (Å²) in [5.74, 6) is 0.979. The quantitative estimate of drug-likeness (QED) is 0.478. The number of H-pyrrole nitrogens is 1. The van der Waals surface area contributed by atoms with Crippen molar-refractivity contribution in [2.45, 2.75) is 0 Å². The fourth-order valence-electron chi connectivity index (χ4n) is 1.77. The molecule has 0 radical (unpaired) electrons. The van der Waals surface area contributed by atoms with Gasteiger partial charge in [0.15, 0.2) is 5.78 Å². The molecule has 2 heterocycles. The minimum atomic E-state index is -0.772. The summed E-state index contributed by atoms with van der Waals surface area (Å²) in [5, 5.41) is 10.5. The third-order valence-electron chi connectivity index (χ3n) is 2.82. The fraction of sp³-hybridized carbons (Fsp3) is 0.500. The van der Waals surface area contributed by atoms with Gasteiger partial charge in [0.2, 0.25) is 0 Å². The lowest BCUT2D eigenvalue weighted by Crippen LogP contribution is -2.40. The Morgan fingerprint density at radius 2 is 2.17 bits per heavy atom. The van der Waals surface area contributed by atoms with Gasteiger partial charge in [-0.25, -0.2) is 0 Å². The number of carbonyl (C=O) groups is 1. The van der Waals surface area contributed by atoms with Crippen LogP contribution in [0.1, 0.15) is 10.5 Å². The predicted octanol–water partition coefficient (Wildman–Crippen LogP) is 0.170. The average Bonchev–Trinajstić information content (AvgIpc) is 2.81. The summed E-state index contributed by atoms with van der Waals surface area (Å²) in [5.41, 5.74) is 0.131. The molecule has 1 fully saturated rings.